The first-order valence-corrected chi connectivity index (χ1v) is 11.8. The van der Waals surface area contributed by atoms with Crippen molar-refractivity contribution in [2.24, 2.45) is 0 Å². The third-order valence-corrected chi connectivity index (χ3v) is 6.10. The van der Waals surface area contributed by atoms with Crippen LogP contribution in [0, 0.1) is 0 Å². The van der Waals surface area contributed by atoms with Crippen molar-refractivity contribution in [2.45, 2.75) is 19.9 Å². The van der Waals surface area contributed by atoms with E-state index in [9.17, 15) is 14.7 Å². The lowest BCUT2D eigenvalue weighted by atomic mass is 9.98. The molecule has 7 nitrogen and oxygen atoms in total. The van der Waals surface area contributed by atoms with Crippen LogP contribution >= 0.6 is 0 Å². The number of carbonyl (C=O) groups excluding carboxylic acids is 2. The van der Waals surface area contributed by atoms with E-state index in [0.29, 0.717) is 36.2 Å². The molecule has 2 heterocycles. The van der Waals surface area contributed by atoms with Crippen LogP contribution in [0.25, 0.3) is 16.5 Å². The van der Waals surface area contributed by atoms with Crippen molar-refractivity contribution in [1.29, 1.82) is 0 Å². The molecule has 0 saturated carbocycles. The summed E-state index contributed by atoms with van der Waals surface area (Å²) in [4.78, 5) is 28.4. The Morgan fingerprint density at radius 2 is 1.72 bits per heavy atom. The standard InChI is InChI=1S/C29H25NO6/c1-3-34-19-14-15-21(24(17-19)35-4-2)27(31)25-26(23-13-8-16-36-23)30(29(33)28(25)32)22-12-7-10-18-9-5-6-11-20(18)22/h5-17,26,31H,3-4H2,1-2H3/b27-25-. The van der Waals surface area contributed by atoms with Gasteiger partial charge in [0.2, 0.25) is 0 Å². The average molecular weight is 484 g/mol. The Balaban J connectivity index is 1.73. The van der Waals surface area contributed by atoms with E-state index >= 15 is 0 Å². The molecule has 7 heteroatoms. The summed E-state index contributed by atoms with van der Waals surface area (Å²) in [5.41, 5.74) is 0.758. The van der Waals surface area contributed by atoms with Crippen LogP contribution in [-0.4, -0.2) is 30.0 Å². The lowest BCUT2D eigenvalue weighted by Gasteiger charge is -2.25. The van der Waals surface area contributed by atoms with Crippen LogP contribution in [0.2, 0.25) is 0 Å². The van der Waals surface area contributed by atoms with Crippen LogP contribution in [-0.2, 0) is 9.59 Å². The number of aliphatic hydroxyl groups excluding tert-OH is 1. The van der Waals surface area contributed by atoms with Crippen molar-refractivity contribution < 1.29 is 28.6 Å². The number of Topliss-reactive ketones (excluding diaryl/α,β-unsaturated/α-hetero) is 1. The second-order valence-electron chi connectivity index (χ2n) is 8.21. The molecule has 1 aromatic heterocycles. The fraction of sp³-hybridized carbons (Fsp3) is 0.172. The molecule has 4 aromatic rings. The molecule has 36 heavy (non-hydrogen) atoms. The first kappa shape index (κ1) is 23.2. The van der Waals surface area contributed by atoms with Crippen molar-refractivity contribution in [3.05, 3.63) is 96.0 Å². The first-order valence-electron chi connectivity index (χ1n) is 11.8. The van der Waals surface area contributed by atoms with Crippen molar-refractivity contribution in [2.75, 3.05) is 18.1 Å². The smallest absolute Gasteiger partial charge is 0.300 e. The fourth-order valence-electron chi connectivity index (χ4n) is 4.59. The van der Waals surface area contributed by atoms with E-state index < -0.39 is 17.7 Å². The van der Waals surface area contributed by atoms with Gasteiger partial charge in [-0.05, 0) is 49.6 Å². The second-order valence-corrected chi connectivity index (χ2v) is 8.21. The van der Waals surface area contributed by atoms with Crippen LogP contribution in [0.1, 0.15) is 31.2 Å². The number of rotatable bonds is 7. The van der Waals surface area contributed by atoms with Gasteiger partial charge >= 0.3 is 0 Å². The molecular weight excluding hydrogens is 458 g/mol. The summed E-state index contributed by atoms with van der Waals surface area (Å²) in [5.74, 6) is -0.639. The van der Waals surface area contributed by atoms with E-state index in [-0.39, 0.29) is 16.9 Å². The Morgan fingerprint density at radius 1 is 0.944 bits per heavy atom. The van der Waals surface area contributed by atoms with E-state index in [1.54, 1.807) is 36.4 Å². The van der Waals surface area contributed by atoms with Crippen molar-refractivity contribution >= 4 is 33.9 Å². The predicted molar refractivity (Wildman–Crippen MR) is 136 cm³/mol. The van der Waals surface area contributed by atoms with Gasteiger partial charge in [0.15, 0.2) is 0 Å². The second kappa shape index (κ2) is 9.62. The molecule has 0 radical (unpaired) electrons. The Morgan fingerprint density at radius 3 is 2.47 bits per heavy atom. The van der Waals surface area contributed by atoms with Crippen molar-refractivity contribution in [3.8, 4) is 11.5 Å². The summed E-state index contributed by atoms with van der Waals surface area (Å²) >= 11 is 0. The minimum Gasteiger partial charge on any atom is -0.507 e. The Labute approximate surface area is 208 Å². The van der Waals surface area contributed by atoms with Crippen molar-refractivity contribution in [3.63, 3.8) is 0 Å². The molecule has 1 aliphatic rings. The SMILES string of the molecule is CCOc1ccc(/C(O)=C2/C(=O)C(=O)N(c3cccc4ccccc34)C2c2ccco2)c(OCC)c1. The predicted octanol–water partition coefficient (Wildman–Crippen LogP) is 5.86. The third-order valence-electron chi connectivity index (χ3n) is 6.10. The monoisotopic (exact) mass is 483 g/mol. The number of benzene rings is 3. The van der Waals surface area contributed by atoms with Gasteiger partial charge in [0.05, 0.1) is 36.3 Å². The Hall–Kier alpha value is -4.52. The summed E-state index contributed by atoms with van der Waals surface area (Å²) in [6, 6.07) is 20.5. The topological polar surface area (TPSA) is 89.2 Å². The molecule has 1 fully saturated rings. The Bertz CT molecular complexity index is 1470. The number of hydrogen-bond donors (Lipinski definition) is 1. The molecule has 0 bridgehead atoms. The quantitative estimate of drug-likeness (QED) is 0.201. The van der Waals surface area contributed by atoms with Gasteiger partial charge in [-0.15, -0.1) is 0 Å². The molecule has 1 amide bonds. The molecular formula is C29H25NO6. The maximum atomic E-state index is 13.5. The van der Waals surface area contributed by atoms with Crippen LogP contribution < -0.4 is 14.4 Å². The number of aliphatic hydroxyl groups is 1. The number of furan rings is 1. The molecule has 0 aliphatic carbocycles. The average Bonchev–Trinajstić information content (AvgIpc) is 3.51. The molecule has 5 rings (SSSR count). The fourth-order valence-corrected chi connectivity index (χ4v) is 4.59. The maximum absolute atomic E-state index is 13.5. The summed E-state index contributed by atoms with van der Waals surface area (Å²) in [6.07, 6.45) is 1.47. The number of anilines is 1. The van der Waals surface area contributed by atoms with Gasteiger partial charge in [0.25, 0.3) is 11.7 Å². The zero-order chi connectivity index (χ0) is 25.2. The number of carbonyl (C=O) groups is 2. The van der Waals surface area contributed by atoms with E-state index in [1.807, 2.05) is 50.2 Å². The summed E-state index contributed by atoms with van der Waals surface area (Å²) < 4.78 is 17.0. The van der Waals surface area contributed by atoms with E-state index in [4.69, 9.17) is 13.9 Å². The maximum Gasteiger partial charge on any atom is 0.300 e. The van der Waals surface area contributed by atoms with Crippen LogP contribution in [0.4, 0.5) is 5.69 Å². The van der Waals surface area contributed by atoms with E-state index in [0.717, 1.165) is 10.8 Å². The van der Waals surface area contributed by atoms with Crippen LogP contribution in [0.5, 0.6) is 11.5 Å². The van der Waals surface area contributed by atoms with Gasteiger partial charge in [-0.1, -0.05) is 36.4 Å². The largest absolute Gasteiger partial charge is 0.507 e. The molecule has 1 saturated heterocycles. The van der Waals surface area contributed by atoms with Crippen LogP contribution in [0.15, 0.2) is 89.0 Å². The highest BCUT2D eigenvalue weighted by Gasteiger charge is 2.49. The lowest BCUT2D eigenvalue weighted by molar-refractivity contribution is -0.132. The van der Waals surface area contributed by atoms with Gasteiger partial charge in [0.1, 0.15) is 29.1 Å². The zero-order valence-electron chi connectivity index (χ0n) is 19.9. The highest BCUT2D eigenvalue weighted by molar-refractivity contribution is 6.52. The first-order chi connectivity index (χ1) is 17.5. The molecule has 1 N–H and O–H groups in total. The van der Waals surface area contributed by atoms with Gasteiger partial charge < -0.3 is 19.0 Å². The molecule has 1 atom stereocenters. The molecule has 0 spiro atoms. The minimum atomic E-state index is -0.966. The number of ether oxygens (including phenoxy) is 2. The third kappa shape index (κ3) is 3.88. The minimum absolute atomic E-state index is 0.0759. The lowest BCUT2D eigenvalue weighted by Crippen LogP contribution is -2.29. The number of fused-ring (bicyclic) bond motifs is 1. The Kier molecular flexibility index (Phi) is 6.21. The number of nitrogens with zero attached hydrogens (tertiary/aromatic N) is 1. The summed E-state index contributed by atoms with van der Waals surface area (Å²) in [5, 5.41) is 13.2. The zero-order valence-corrected chi connectivity index (χ0v) is 19.9. The van der Waals surface area contributed by atoms with Gasteiger partial charge in [-0.25, -0.2) is 0 Å². The van der Waals surface area contributed by atoms with Crippen LogP contribution in [0.3, 0.4) is 0 Å². The molecule has 1 aliphatic heterocycles. The highest BCUT2D eigenvalue weighted by atomic mass is 16.5. The highest BCUT2D eigenvalue weighted by Crippen LogP contribution is 2.45. The molecule has 3 aromatic carbocycles. The summed E-state index contributed by atoms with van der Waals surface area (Å²) in [6.45, 7) is 4.49. The molecule has 182 valence electrons. The summed E-state index contributed by atoms with van der Waals surface area (Å²) in [7, 11) is 0. The van der Waals surface area contributed by atoms with Gasteiger partial charge in [-0.3, -0.25) is 14.5 Å². The normalized spacial score (nSPS) is 17.1. The number of hydrogen-bond acceptors (Lipinski definition) is 6. The number of amides is 1. The number of ketones is 1. The van der Waals surface area contributed by atoms with Gasteiger partial charge in [-0.2, -0.15) is 0 Å². The van der Waals surface area contributed by atoms with E-state index in [1.165, 1.54) is 11.2 Å². The molecule has 1 unspecified atom stereocenters. The van der Waals surface area contributed by atoms with Gasteiger partial charge in [0, 0.05) is 11.5 Å². The van der Waals surface area contributed by atoms with Crippen molar-refractivity contribution in [1.82, 2.24) is 0 Å². The van der Waals surface area contributed by atoms with E-state index in [2.05, 4.69) is 0 Å².